The Morgan fingerprint density at radius 2 is 2.00 bits per heavy atom. The van der Waals surface area contributed by atoms with E-state index in [0.29, 0.717) is 17.9 Å². The summed E-state index contributed by atoms with van der Waals surface area (Å²) >= 11 is 0. The van der Waals surface area contributed by atoms with E-state index < -0.39 is 0 Å². The van der Waals surface area contributed by atoms with Crippen LogP contribution in [0.1, 0.15) is 47.0 Å². The third-order valence-corrected chi connectivity index (χ3v) is 3.39. The van der Waals surface area contributed by atoms with Gasteiger partial charge in [0.1, 0.15) is 0 Å². The van der Waals surface area contributed by atoms with Gasteiger partial charge in [0.15, 0.2) is 0 Å². The molecule has 2 atom stereocenters. The molecule has 2 unspecified atom stereocenters. The van der Waals surface area contributed by atoms with E-state index in [-0.39, 0.29) is 11.9 Å². The van der Waals surface area contributed by atoms with Crippen LogP contribution in [0.25, 0.3) is 0 Å². The summed E-state index contributed by atoms with van der Waals surface area (Å²) in [7, 11) is 0. The Morgan fingerprint density at radius 3 is 2.50 bits per heavy atom. The van der Waals surface area contributed by atoms with Gasteiger partial charge in [-0.2, -0.15) is 0 Å². The number of carbonyl (C=O) groups is 1. The van der Waals surface area contributed by atoms with Gasteiger partial charge in [-0.05, 0) is 31.1 Å². The molecule has 0 aromatic carbocycles. The van der Waals surface area contributed by atoms with E-state index in [2.05, 4.69) is 27.7 Å². The van der Waals surface area contributed by atoms with E-state index in [4.69, 9.17) is 5.73 Å². The van der Waals surface area contributed by atoms with Crippen molar-refractivity contribution in [1.82, 2.24) is 4.90 Å². The monoisotopic (exact) mass is 226 g/mol. The van der Waals surface area contributed by atoms with Gasteiger partial charge in [0.25, 0.3) is 0 Å². The number of carbonyl (C=O) groups excluding carboxylic acids is 1. The molecule has 2 N–H and O–H groups in total. The molecule has 0 aliphatic carbocycles. The summed E-state index contributed by atoms with van der Waals surface area (Å²) in [6, 6.07) is 0.102. The maximum atomic E-state index is 12.2. The Hall–Kier alpha value is -0.570. The van der Waals surface area contributed by atoms with Crippen LogP contribution in [0, 0.1) is 11.8 Å². The summed E-state index contributed by atoms with van der Waals surface area (Å²) in [5.74, 6) is 1.18. The van der Waals surface area contributed by atoms with Crippen LogP contribution in [0.2, 0.25) is 0 Å². The number of rotatable bonds is 4. The molecule has 0 aromatic rings. The first kappa shape index (κ1) is 13.5. The molecule has 3 nitrogen and oxygen atoms in total. The Balaban J connectivity index is 2.58. The van der Waals surface area contributed by atoms with Gasteiger partial charge < -0.3 is 10.6 Å². The first-order chi connectivity index (χ1) is 7.43. The lowest BCUT2D eigenvalue weighted by molar-refractivity contribution is -0.134. The highest BCUT2D eigenvalue weighted by Gasteiger charge is 2.33. The Morgan fingerprint density at radius 1 is 1.38 bits per heavy atom. The molecule has 1 aliphatic heterocycles. The maximum Gasteiger partial charge on any atom is 0.239 e. The van der Waals surface area contributed by atoms with Crippen LogP contribution in [-0.2, 0) is 4.79 Å². The zero-order valence-electron chi connectivity index (χ0n) is 11.1. The normalized spacial score (nSPS) is 23.2. The van der Waals surface area contributed by atoms with Crippen molar-refractivity contribution >= 4 is 5.91 Å². The number of nitrogens with two attached hydrogens (primary N) is 1. The first-order valence-electron chi connectivity index (χ1n) is 6.49. The molecule has 94 valence electrons. The van der Waals surface area contributed by atoms with Gasteiger partial charge in [-0.25, -0.2) is 0 Å². The predicted molar refractivity (Wildman–Crippen MR) is 67.0 cm³/mol. The van der Waals surface area contributed by atoms with Gasteiger partial charge >= 0.3 is 0 Å². The van der Waals surface area contributed by atoms with Crippen molar-refractivity contribution < 1.29 is 4.79 Å². The smallest absolute Gasteiger partial charge is 0.239 e. The van der Waals surface area contributed by atoms with E-state index in [1.54, 1.807) is 0 Å². The van der Waals surface area contributed by atoms with Crippen LogP contribution in [-0.4, -0.2) is 29.4 Å². The molecular weight excluding hydrogens is 200 g/mol. The molecule has 0 aromatic heterocycles. The van der Waals surface area contributed by atoms with Gasteiger partial charge in [0, 0.05) is 12.6 Å². The van der Waals surface area contributed by atoms with Gasteiger partial charge in [-0.3, -0.25) is 4.79 Å². The standard InChI is InChI=1S/C13H26N2O/c1-9(2)8-11(14)13(16)15-7-5-6-12(15)10(3)4/h9-12H,5-8,14H2,1-4H3. The van der Waals surface area contributed by atoms with E-state index in [1.807, 2.05) is 4.90 Å². The number of likely N-dealkylation sites (tertiary alicyclic amines) is 1. The maximum absolute atomic E-state index is 12.2. The highest BCUT2D eigenvalue weighted by molar-refractivity contribution is 5.82. The van der Waals surface area contributed by atoms with Crippen molar-refractivity contribution in [3.05, 3.63) is 0 Å². The fraction of sp³-hybridized carbons (Fsp3) is 0.923. The van der Waals surface area contributed by atoms with Crippen molar-refractivity contribution in [1.29, 1.82) is 0 Å². The molecule has 0 spiro atoms. The first-order valence-corrected chi connectivity index (χ1v) is 6.49. The summed E-state index contributed by atoms with van der Waals surface area (Å²) in [6.45, 7) is 9.48. The summed E-state index contributed by atoms with van der Waals surface area (Å²) in [4.78, 5) is 14.2. The van der Waals surface area contributed by atoms with Gasteiger partial charge in [-0.15, -0.1) is 0 Å². The summed E-state index contributed by atoms with van der Waals surface area (Å²) in [6.07, 6.45) is 3.06. The second kappa shape index (κ2) is 5.67. The van der Waals surface area contributed by atoms with Crippen molar-refractivity contribution in [2.45, 2.75) is 59.0 Å². The van der Waals surface area contributed by atoms with Gasteiger partial charge in [0.2, 0.25) is 5.91 Å². The third-order valence-electron chi connectivity index (χ3n) is 3.39. The average Bonchev–Trinajstić information content (AvgIpc) is 2.63. The van der Waals surface area contributed by atoms with Crippen LogP contribution < -0.4 is 5.73 Å². The van der Waals surface area contributed by atoms with Crippen molar-refractivity contribution in [2.75, 3.05) is 6.54 Å². The number of hydrogen-bond acceptors (Lipinski definition) is 2. The molecule has 16 heavy (non-hydrogen) atoms. The molecule has 3 heteroatoms. The second-order valence-electron chi connectivity index (χ2n) is 5.72. The van der Waals surface area contributed by atoms with Crippen LogP contribution in [0.3, 0.4) is 0 Å². The Bertz CT molecular complexity index is 238. The minimum atomic E-state index is -0.306. The lowest BCUT2D eigenvalue weighted by Crippen LogP contribution is -2.47. The second-order valence-corrected chi connectivity index (χ2v) is 5.72. The van der Waals surface area contributed by atoms with Crippen LogP contribution in [0.5, 0.6) is 0 Å². The molecule has 0 radical (unpaired) electrons. The van der Waals surface area contributed by atoms with Crippen LogP contribution >= 0.6 is 0 Å². The molecule has 1 heterocycles. The van der Waals surface area contributed by atoms with Crippen molar-refractivity contribution in [2.24, 2.45) is 17.6 Å². The lowest BCUT2D eigenvalue weighted by atomic mass is 9.99. The predicted octanol–water partition coefficient (Wildman–Crippen LogP) is 2.01. The summed E-state index contributed by atoms with van der Waals surface area (Å²) in [5.41, 5.74) is 5.97. The zero-order valence-corrected chi connectivity index (χ0v) is 11.1. The molecule has 1 amide bonds. The Labute approximate surface area is 99.4 Å². The molecule has 1 rings (SSSR count). The van der Waals surface area contributed by atoms with Crippen molar-refractivity contribution in [3.63, 3.8) is 0 Å². The van der Waals surface area contributed by atoms with E-state index in [9.17, 15) is 4.79 Å². The number of amides is 1. The average molecular weight is 226 g/mol. The lowest BCUT2D eigenvalue weighted by Gasteiger charge is -2.30. The van der Waals surface area contributed by atoms with Crippen LogP contribution in [0.4, 0.5) is 0 Å². The summed E-state index contributed by atoms with van der Waals surface area (Å²) in [5, 5.41) is 0. The minimum absolute atomic E-state index is 0.157. The SMILES string of the molecule is CC(C)CC(N)C(=O)N1CCCC1C(C)C. The highest BCUT2D eigenvalue weighted by atomic mass is 16.2. The minimum Gasteiger partial charge on any atom is -0.338 e. The topological polar surface area (TPSA) is 46.3 Å². The fourth-order valence-electron chi connectivity index (χ4n) is 2.58. The fourth-order valence-corrected chi connectivity index (χ4v) is 2.58. The van der Waals surface area contributed by atoms with E-state index in [0.717, 1.165) is 25.8 Å². The number of nitrogens with zero attached hydrogens (tertiary/aromatic N) is 1. The molecule has 0 bridgehead atoms. The van der Waals surface area contributed by atoms with Gasteiger partial charge in [-0.1, -0.05) is 27.7 Å². The quantitative estimate of drug-likeness (QED) is 0.797. The van der Waals surface area contributed by atoms with Crippen molar-refractivity contribution in [3.8, 4) is 0 Å². The highest BCUT2D eigenvalue weighted by Crippen LogP contribution is 2.24. The third kappa shape index (κ3) is 3.21. The molecule has 0 saturated carbocycles. The number of hydrogen-bond donors (Lipinski definition) is 1. The molecule has 1 fully saturated rings. The van der Waals surface area contributed by atoms with Gasteiger partial charge in [0.05, 0.1) is 6.04 Å². The van der Waals surface area contributed by atoms with Crippen LogP contribution in [0.15, 0.2) is 0 Å². The molecule has 1 saturated heterocycles. The van der Waals surface area contributed by atoms with E-state index >= 15 is 0 Å². The largest absolute Gasteiger partial charge is 0.338 e. The van der Waals surface area contributed by atoms with E-state index in [1.165, 1.54) is 0 Å². The molecule has 1 aliphatic rings. The Kier molecular flexibility index (Phi) is 4.78. The zero-order chi connectivity index (χ0) is 12.3. The molecular formula is C13H26N2O. The summed E-state index contributed by atoms with van der Waals surface area (Å²) < 4.78 is 0.